The van der Waals surface area contributed by atoms with Gasteiger partial charge in [0.1, 0.15) is 12.6 Å². The van der Waals surface area contributed by atoms with Crippen LogP contribution in [0.15, 0.2) is 78.9 Å². The number of rotatable bonds is 10. The van der Waals surface area contributed by atoms with Crippen molar-refractivity contribution in [3.8, 4) is 11.1 Å². The van der Waals surface area contributed by atoms with Crippen molar-refractivity contribution >= 4 is 18.0 Å². The van der Waals surface area contributed by atoms with E-state index in [1.54, 1.807) is 6.92 Å². The first-order valence-electron chi connectivity index (χ1n) is 12.1. The number of carboxylic acids is 1. The largest absolute Gasteiger partial charge is 0.481 e. The van der Waals surface area contributed by atoms with Crippen LogP contribution in [-0.4, -0.2) is 47.2 Å². The van der Waals surface area contributed by atoms with E-state index in [0.29, 0.717) is 6.42 Å². The van der Waals surface area contributed by atoms with Crippen molar-refractivity contribution in [2.45, 2.75) is 38.3 Å². The van der Waals surface area contributed by atoms with Gasteiger partial charge in [0, 0.05) is 19.0 Å². The zero-order chi connectivity index (χ0) is 25.5. The summed E-state index contributed by atoms with van der Waals surface area (Å²) in [7, 11) is 0. The summed E-state index contributed by atoms with van der Waals surface area (Å²) in [5.74, 6) is -1.40. The highest BCUT2D eigenvalue weighted by molar-refractivity contribution is 5.86. The van der Waals surface area contributed by atoms with Gasteiger partial charge in [-0.1, -0.05) is 85.8 Å². The molecule has 0 bridgehead atoms. The lowest BCUT2D eigenvalue weighted by Crippen LogP contribution is -2.48. The molecule has 0 unspecified atom stereocenters. The average Bonchev–Trinajstić information content (AvgIpc) is 3.22. The van der Waals surface area contributed by atoms with Crippen LogP contribution < -0.4 is 5.32 Å². The Morgan fingerprint density at radius 1 is 0.917 bits per heavy atom. The predicted molar refractivity (Wildman–Crippen MR) is 136 cm³/mol. The summed E-state index contributed by atoms with van der Waals surface area (Å²) in [5, 5.41) is 11.8. The molecule has 0 fully saturated rings. The maximum Gasteiger partial charge on any atom is 0.407 e. The van der Waals surface area contributed by atoms with E-state index in [1.807, 2.05) is 66.7 Å². The lowest BCUT2D eigenvalue weighted by molar-refractivity contribution is -0.139. The van der Waals surface area contributed by atoms with Crippen LogP contribution in [0, 0.1) is 0 Å². The molecule has 0 spiro atoms. The van der Waals surface area contributed by atoms with Crippen molar-refractivity contribution in [2.24, 2.45) is 0 Å². The molecule has 4 rings (SSSR count). The third-order valence-corrected chi connectivity index (χ3v) is 6.47. The molecule has 186 valence electrons. The fourth-order valence-corrected chi connectivity index (χ4v) is 4.64. The van der Waals surface area contributed by atoms with E-state index in [1.165, 1.54) is 4.90 Å². The summed E-state index contributed by atoms with van der Waals surface area (Å²) in [6.45, 7) is 2.25. The molecular weight excluding hydrogens is 456 g/mol. The Labute approximate surface area is 210 Å². The van der Waals surface area contributed by atoms with E-state index >= 15 is 0 Å². The number of carboxylic acid groups (broad SMARTS) is 1. The van der Waals surface area contributed by atoms with Crippen molar-refractivity contribution in [1.82, 2.24) is 10.2 Å². The molecule has 0 heterocycles. The number of amides is 2. The van der Waals surface area contributed by atoms with Crippen molar-refractivity contribution < 1.29 is 24.2 Å². The zero-order valence-electron chi connectivity index (χ0n) is 20.2. The van der Waals surface area contributed by atoms with E-state index in [2.05, 4.69) is 17.4 Å². The molecule has 2 N–H and O–H groups in total. The molecule has 1 aliphatic carbocycles. The van der Waals surface area contributed by atoms with Gasteiger partial charge in [-0.15, -0.1) is 0 Å². The Balaban J connectivity index is 1.41. The first-order valence-corrected chi connectivity index (χ1v) is 12.1. The van der Waals surface area contributed by atoms with E-state index in [0.717, 1.165) is 27.8 Å². The summed E-state index contributed by atoms with van der Waals surface area (Å²) >= 11 is 0. The Hall–Kier alpha value is -4.13. The van der Waals surface area contributed by atoms with E-state index < -0.39 is 18.1 Å². The van der Waals surface area contributed by atoms with Gasteiger partial charge in [-0.25, -0.2) is 4.79 Å². The van der Waals surface area contributed by atoms with Crippen LogP contribution in [0.1, 0.15) is 42.4 Å². The number of aliphatic carboxylic acids is 1. The minimum absolute atomic E-state index is 0.0476. The molecule has 0 saturated carbocycles. The Morgan fingerprint density at radius 3 is 2.08 bits per heavy atom. The van der Waals surface area contributed by atoms with Gasteiger partial charge in [-0.2, -0.15) is 0 Å². The molecule has 7 heteroatoms. The Morgan fingerprint density at radius 2 is 1.50 bits per heavy atom. The molecule has 3 aromatic rings. The summed E-state index contributed by atoms with van der Waals surface area (Å²) in [6.07, 6.45) is -0.503. The van der Waals surface area contributed by atoms with Crippen LogP contribution in [0.25, 0.3) is 11.1 Å². The monoisotopic (exact) mass is 486 g/mol. The lowest BCUT2D eigenvalue weighted by Gasteiger charge is -2.27. The quantitative estimate of drug-likeness (QED) is 0.429. The first kappa shape index (κ1) is 25.0. The summed E-state index contributed by atoms with van der Waals surface area (Å²) in [6, 6.07) is 24.7. The van der Waals surface area contributed by atoms with Crippen LogP contribution in [-0.2, 0) is 20.9 Å². The van der Waals surface area contributed by atoms with Crippen LogP contribution in [0.3, 0.4) is 0 Å². The molecule has 3 aromatic carbocycles. The summed E-state index contributed by atoms with van der Waals surface area (Å²) in [4.78, 5) is 38.7. The van der Waals surface area contributed by atoms with Gasteiger partial charge in [0.05, 0.1) is 6.42 Å². The maximum absolute atomic E-state index is 13.3. The number of carbonyl (C=O) groups is 3. The molecule has 0 aliphatic heterocycles. The fraction of sp³-hybridized carbons (Fsp3) is 0.276. The number of hydrogen-bond donors (Lipinski definition) is 2. The van der Waals surface area contributed by atoms with Crippen molar-refractivity contribution in [3.05, 3.63) is 95.6 Å². The Bertz CT molecular complexity index is 1180. The zero-order valence-corrected chi connectivity index (χ0v) is 20.2. The van der Waals surface area contributed by atoms with Crippen LogP contribution in [0.4, 0.5) is 4.79 Å². The summed E-state index contributed by atoms with van der Waals surface area (Å²) < 4.78 is 5.60. The minimum atomic E-state index is -0.988. The second kappa shape index (κ2) is 11.5. The molecule has 36 heavy (non-hydrogen) atoms. The van der Waals surface area contributed by atoms with Gasteiger partial charge in [0.15, 0.2) is 0 Å². The van der Waals surface area contributed by atoms with E-state index in [4.69, 9.17) is 9.84 Å². The molecule has 7 nitrogen and oxygen atoms in total. The number of hydrogen-bond acceptors (Lipinski definition) is 4. The molecular formula is C29H30N2O5. The van der Waals surface area contributed by atoms with E-state index in [9.17, 15) is 14.4 Å². The highest BCUT2D eigenvalue weighted by Gasteiger charge is 2.30. The SMILES string of the molecule is CC[C@H](NC(=O)OCC1c2ccccc2-c2ccccc21)C(=O)N(CCC(=O)O)Cc1ccccc1. The van der Waals surface area contributed by atoms with Gasteiger partial charge in [0.2, 0.25) is 5.91 Å². The van der Waals surface area contributed by atoms with Gasteiger partial charge in [-0.3, -0.25) is 9.59 Å². The first-order chi connectivity index (χ1) is 17.5. The maximum atomic E-state index is 13.3. The van der Waals surface area contributed by atoms with Crippen LogP contribution >= 0.6 is 0 Å². The fourth-order valence-electron chi connectivity index (χ4n) is 4.64. The number of benzene rings is 3. The smallest absolute Gasteiger partial charge is 0.407 e. The van der Waals surface area contributed by atoms with E-state index in [-0.39, 0.29) is 37.9 Å². The normalized spacial score (nSPS) is 12.8. The number of carbonyl (C=O) groups excluding carboxylic acids is 2. The second-order valence-corrected chi connectivity index (χ2v) is 8.82. The van der Waals surface area contributed by atoms with Gasteiger partial charge in [-0.05, 0) is 34.2 Å². The third kappa shape index (κ3) is 5.74. The average molecular weight is 487 g/mol. The Kier molecular flexibility index (Phi) is 8.00. The van der Waals surface area contributed by atoms with Crippen molar-refractivity contribution in [2.75, 3.05) is 13.2 Å². The number of nitrogens with zero attached hydrogens (tertiary/aromatic N) is 1. The van der Waals surface area contributed by atoms with Crippen molar-refractivity contribution in [1.29, 1.82) is 0 Å². The lowest BCUT2D eigenvalue weighted by atomic mass is 9.98. The van der Waals surface area contributed by atoms with Crippen LogP contribution in [0.2, 0.25) is 0 Å². The molecule has 1 aliphatic rings. The molecule has 1 atom stereocenters. The predicted octanol–water partition coefficient (Wildman–Crippen LogP) is 4.81. The molecule has 2 amide bonds. The highest BCUT2D eigenvalue weighted by Crippen LogP contribution is 2.44. The topological polar surface area (TPSA) is 95.9 Å². The van der Waals surface area contributed by atoms with Crippen LogP contribution in [0.5, 0.6) is 0 Å². The van der Waals surface area contributed by atoms with Crippen molar-refractivity contribution in [3.63, 3.8) is 0 Å². The summed E-state index contributed by atoms with van der Waals surface area (Å²) in [5.41, 5.74) is 5.37. The number of alkyl carbamates (subject to hydrolysis) is 1. The molecule has 0 saturated heterocycles. The number of ether oxygens (including phenoxy) is 1. The molecule has 0 aromatic heterocycles. The van der Waals surface area contributed by atoms with Gasteiger partial charge >= 0.3 is 12.1 Å². The number of nitrogens with one attached hydrogen (secondary N) is 1. The highest BCUT2D eigenvalue weighted by atomic mass is 16.5. The standard InChI is InChI=1S/C29H30N2O5/c1-2-26(28(34)31(17-16-27(32)33)18-20-10-4-3-5-11-20)30-29(35)36-19-25-23-14-8-6-12-21(23)22-13-7-9-15-24(22)25/h3-15,25-26H,2,16-19H2,1H3,(H,30,35)(H,32,33)/t26-/m0/s1. The second-order valence-electron chi connectivity index (χ2n) is 8.82. The van der Waals surface area contributed by atoms with Gasteiger partial charge < -0.3 is 20.1 Å². The number of fused-ring (bicyclic) bond motifs is 3. The minimum Gasteiger partial charge on any atom is -0.481 e. The third-order valence-electron chi connectivity index (χ3n) is 6.47. The van der Waals surface area contributed by atoms with Gasteiger partial charge in [0.25, 0.3) is 0 Å². The molecule has 0 radical (unpaired) electrons.